The maximum Gasteiger partial charge on any atom is 0.338 e. The molecule has 37 heavy (non-hydrogen) atoms. The van der Waals surface area contributed by atoms with Gasteiger partial charge in [0.1, 0.15) is 0 Å². The van der Waals surface area contributed by atoms with Crippen LogP contribution < -0.4 is 5.32 Å². The van der Waals surface area contributed by atoms with Crippen molar-refractivity contribution in [1.29, 1.82) is 0 Å². The van der Waals surface area contributed by atoms with Crippen LogP contribution in [0.5, 0.6) is 0 Å². The zero-order valence-electron chi connectivity index (χ0n) is 21.7. The van der Waals surface area contributed by atoms with Gasteiger partial charge >= 0.3 is 12.0 Å². The number of likely N-dealkylation sites (N-methyl/N-ethyl adjacent to an activating group) is 1. The Hall–Kier alpha value is -3.21. The van der Waals surface area contributed by atoms with Crippen LogP contribution in [0.4, 0.5) is 4.79 Å². The average molecular weight is 527 g/mol. The molecule has 2 aromatic carbocycles. The third kappa shape index (κ3) is 5.56. The van der Waals surface area contributed by atoms with Crippen molar-refractivity contribution >= 4 is 22.0 Å². The summed E-state index contributed by atoms with van der Waals surface area (Å²) in [5.74, 6) is -0.480. The normalized spacial score (nSPS) is 21.6. The van der Waals surface area contributed by atoms with E-state index in [9.17, 15) is 18.0 Å². The molecule has 10 heteroatoms. The monoisotopic (exact) mass is 526 g/mol. The lowest BCUT2D eigenvalue weighted by atomic mass is 9.94. The van der Waals surface area contributed by atoms with Crippen molar-refractivity contribution < 1.29 is 22.7 Å². The number of carbonyl (C=O) groups excluding carboxylic acids is 2. The van der Waals surface area contributed by atoms with Crippen LogP contribution >= 0.6 is 0 Å². The SMILES string of the molecule is CCOC(=O)C1=C(CN2CCN(S(=O)(=O)c3ccc(C)cc3)[C@H](C)C2)N(C)C(=O)N[C@@H]1c1ccccc1. The van der Waals surface area contributed by atoms with Gasteiger partial charge in [-0.15, -0.1) is 0 Å². The number of carbonyl (C=O) groups is 2. The van der Waals surface area contributed by atoms with Crippen LogP contribution in [0, 0.1) is 6.92 Å². The van der Waals surface area contributed by atoms with Crippen molar-refractivity contribution in [3.8, 4) is 0 Å². The molecule has 9 nitrogen and oxygen atoms in total. The van der Waals surface area contributed by atoms with Crippen molar-refractivity contribution in [2.75, 3.05) is 39.8 Å². The van der Waals surface area contributed by atoms with E-state index in [-0.39, 0.29) is 23.6 Å². The van der Waals surface area contributed by atoms with E-state index in [0.29, 0.717) is 37.4 Å². The van der Waals surface area contributed by atoms with E-state index in [0.717, 1.165) is 11.1 Å². The Labute approximate surface area is 218 Å². The molecule has 4 rings (SSSR count). The van der Waals surface area contributed by atoms with E-state index in [4.69, 9.17) is 4.74 Å². The molecule has 2 atom stereocenters. The van der Waals surface area contributed by atoms with Crippen molar-refractivity contribution in [1.82, 2.24) is 19.4 Å². The van der Waals surface area contributed by atoms with Gasteiger partial charge in [-0.2, -0.15) is 4.31 Å². The van der Waals surface area contributed by atoms with Gasteiger partial charge in [0.05, 0.1) is 23.1 Å². The first-order valence-electron chi connectivity index (χ1n) is 12.4. The minimum atomic E-state index is -3.63. The zero-order valence-corrected chi connectivity index (χ0v) is 22.5. The lowest BCUT2D eigenvalue weighted by molar-refractivity contribution is -0.139. The molecule has 198 valence electrons. The summed E-state index contributed by atoms with van der Waals surface area (Å²) in [6, 6.07) is 14.9. The van der Waals surface area contributed by atoms with E-state index >= 15 is 0 Å². The lowest BCUT2D eigenvalue weighted by Gasteiger charge is -2.41. The second-order valence-electron chi connectivity index (χ2n) is 9.45. The summed E-state index contributed by atoms with van der Waals surface area (Å²) in [6.07, 6.45) is 0. The number of aryl methyl sites for hydroxylation is 1. The van der Waals surface area contributed by atoms with E-state index in [2.05, 4.69) is 10.2 Å². The van der Waals surface area contributed by atoms with Crippen LogP contribution in [-0.4, -0.2) is 80.4 Å². The number of urea groups is 1. The predicted molar refractivity (Wildman–Crippen MR) is 140 cm³/mol. The zero-order chi connectivity index (χ0) is 26.7. The Morgan fingerprint density at radius 3 is 2.38 bits per heavy atom. The summed E-state index contributed by atoms with van der Waals surface area (Å²) in [6.45, 7) is 7.28. The Bertz CT molecular complexity index is 1280. The molecule has 1 saturated heterocycles. The van der Waals surface area contributed by atoms with Gasteiger partial charge in [-0.05, 0) is 38.5 Å². The quantitative estimate of drug-likeness (QED) is 0.557. The predicted octanol–water partition coefficient (Wildman–Crippen LogP) is 2.90. The molecule has 0 spiro atoms. The summed E-state index contributed by atoms with van der Waals surface area (Å²) < 4.78 is 33.5. The summed E-state index contributed by atoms with van der Waals surface area (Å²) in [7, 11) is -2.00. The Kier molecular flexibility index (Phi) is 8.01. The number of esters is 1. The summed E-state index contributed by atoms with van der Waals surface area (Å²) in [4.78, 5) is 29.9. The van der Waals surface area contributed by atoms with Crippen LogP contribution in [0.15, 0.2) is 70.8 Å². The van der Waals surface area contributed by atoms with Crippen LogP contribution in [0.2, 0.25) is 0 Å². The molecule has 0 aromatic heterocycles. The summed E-state index contributed by atoms with van der Waals surface area (Å²) >= 11 is 0. The molecule has 2 heterocycles. The van der Waals surface area contributed by atoms with Crippen LogP contribution in [0.3, 0.4) is 0 Å². The highest BCUT2D eigenvalue weighted by Crippen LogP contribution is 2.32. The lowest BCUT2D eigenvalue weighted by Crippen LogP contribution is -2.56. The molecule has 0 unspecified atom stereocenters. The van der Waals surface area contributed by atoms with Crippen LogP contribution in [-0.2, 0) is 19.6 Å². The summed E-state index contributed by atoms with van der Waals surface area (Å²) in [5, 5.41) is 2.92. The fraction of sp³-hybridized carbons (Fsp3) is 0.407. The van der Waals surface area contributed by atoms with Crippen molar-refractivity contribution in [2.24, 2.45) is 0 Å². The molecule has 1 N–H and O–H groups in total. The number of hydrogen-bond acceptors (Lipinski definition) is 6. The molecular formula is C27H34N4O5S. The number of hydrogen-bond donors (Lipinski definition) is 1. The third-order valence-electron chi connectivity index (χ3n) is 6.86. The van der Waals surface area contributed by atoms with Crippen molar-refractivity contribution in [3.63, 3.8) is 0 Å². The largest absolute Gasteiger partial charge is 0.463 e. The average Bonchev–Trinajstić information content (AvgIpc) is 2.87. The number of piperazine rings is 1. The molecule has 0 saturated carbocycles. The number of ether oxygens (including phenoxy) is 1. The molecule has 0 radical (unpaired) electrons. The summed E-state index contributed by atoms with van der Waals surface area (Å²) in [5.41, 5.74) is 2.72. The highest BCUT2D eigenvalue weighted by molar-refractivity contribution is 7.89. The molecule has 2 aliphatic heterocycles. The van der Waals surface area contributed by atoms with Crippen molar-refractivity contribution in [3.05, 3.63) is 77.0 Å². The number of amides is 2. The molecule has 0 bridgehead atoms. The van der Waals surface area contributed by atoms with E-state index < -0.39 is 22.0 Å². The maximum atomic E-state index is 13.3. The van der Waals surface area contributed by atoms with E-state index in [1.54, 1.807) is 38.2 Å². The van der Waals surface area contributed by atoms with Gasteiger partial charge in [0, 0.05) is 45.0 Å². The first-order chi connectivity index (χ1) is 17.6. The highest BCUT2D eigenvalue weighted by Gasteiger charge is 2.39. The second-order valence-corrected chi connectivity index (χ2v) is 11.3. The molecular weight excluding hydrogens is 492 g/mol. The smallest absolute Gasteiger partial charge is 0.338 e. The van der Waals surface area contributed by atoms with Crippen LogP contribution in [0.25, 0.3) is 0 Å². The molecule has 1 fully saturated rings. The number of nitrogens with zero attached hydrogens (tertiary/aromatic N) is 3. The van der Waals surface area contributed by atoms with Gasteiger partial charge in [0.2, 0.25) is 10.0 Å². The molecule has 2 aliphatic rings. The Balaban J connectivity index is 1.61. The number of rotatable bonds is 7. The Morgan fingerprint density at radius 2 is 1.76 bits per heavy atom. The standard InChI is InChI=1S/C27H34N4O5S/c1-5-36-26(32)24-23(29(4)27(33)28-25(24)21-9-7-6-8-10-21)18-30-15-16-31(20(3)17-30)37(34,35)22-13-11-19(2)12-14-22/h6-14,20,25H,5,15-18H2,1-4H3,(H,28,33)/t20-,25-/m1/s1. The van der Waals surface area contributed by atoms with Crippen LogP contribution in [0.1, 0.15) is 31.0 Å². The van der Waals surface area contributed by atoms with Gasteiger partial charge in [-0.1, -0.05) is 48.0 Å². The Morgan fingerprint density at radius 1 is 1.08 bits per heavy atom. The first kappa shape index (κ1) is 26.8. The molecule has 0 aliphatic carbocycles. The van der Waals surface area contributed by atoms with Gasteiger partial charge < -0.3 is 10.1 Å². The topological polar surface area (TPSA) is 99.3 Å². The molecule has 2 amide bonds. The molecule has 2 aromatic rings. The fourth-order valence-corrected chi connectivity index (χ4v) is 6.48. The number of sulfonamides is 1. The maximum absolute atomic E-state index is 13.3. The third-order valence-corrected chi connectivity index (χ3v) is 8.88. The van der Waals surface area contributed by atoms with E-state index in [1.807, 2.05) is 44.2 Å². The minimum Gasteiger partial charge on any atom is -0.463 e. The van der Waals surface area contributed by atoms with Gasteiger partial charge in [-0.3, -0.25) is 9.80 Å². The van der Waals surface area contributed by atoms with Crippen molar-refractivity contribution in [2.45, 2.75) is 37.8 Å². The first-order valence-corrected chi connectivity index (χ1v) is 13.9. The second kappa shape index (κ2) is 11.0. The number of benzene rings is 2. The highest BCUT2D eigenvalue weighted by atomic mass is 32.2. The van der Waals surface area contributed by atoms with Gasteiger partial charge in [0.15, 0.2) is 0 Å². The minimum absolute atomic E-state index is 0.210. The van der Waals surface area contributed by atoms with Gasteiger partial charge in [-0.25, -0.2) is 18.0 Å². The fourth-order valence-electron chi connectivity index (χ4n) is 4.87. The van der Waals surface area contributed by atoms with Gasteiger partial charge in [0.25, 0.3) is 0 Å². The van der Waals surface area contributed by atoms with E-state index in [1.165, 1.54) is 9.21 Å². The number of nitrogens with one attached hydrogen (secondary N) is 1.